The Balaban J connectivity index is 1.75. The van der Waals surface area contributed by atoms with Crippen molar-refractivity contribution in [2.24, 2.45) is 0 Å². The third-order valence-corrected chi connectivity index (χ3v) is 6.59. The SMILES string of the molecule is Cc1sc2nc(CN3CCOCC3)nc(N3CCNC(=O)CC3C)c2c1C. The molecule has 2 aliphatic rings. The molecule has 27 heavy (non-hydrogen) atoms. The number of carbonyl (C=O) groups excluding carboxylic acids is 1. The molecule has 1 atom stereocenters. The van der Waals surface area contributed by atoms with Crippen LogP contribution in [0.5, 0.6) is 0 Å². The second-order valence-electron chi connectivity index (χ2n) is 7.41. The summed E-state index contributed by atoms with van der Waals surface area (Å²) in [6, 6.07) is 0.112. The van der Waals surface area contributed by atoms with E-state index in [1.807, 2.05) is 0 Å². The Bertz CT molecular complexity index is 846. The first-order valence-corrected chi connectivity index (χ1v) is 10.4. The van der Waals surface area contributed by atoms with Gasteiger partial charge in [-0.15, -0.1) is 11.3 Å². The number of nitrogens with zero attached hydrogens (tertiary/aromatic N) is 4. The first kappa shape index (κ1) is 18.6. The molecule has 1 N–H and O–H groups in total. The van der Waals surface area contributed by atoms with Crippen LogP contribution in [-0.4, -0.2) is 66.2 Å². The van der Waals surface area contributed by atoms with Gasteiger partial charge < -0.3 is 15.0 Å². The summed E-state index contributed by atoms with van der Waals surface area (Å²) < 4.78 is 5.46. The first-order chi connectivity index (χ1) is 13.0. The molecule has 2 fully saturated rings. The molecule has 4 heterocycles. The smallest absolute Gasteiger partial charge is 0.222 e. The maximum absolute atomic E-state index is 11.9. The van der Waals surface area contributed by atoms with Crippen molar-refractivity contribution >= 4 is 33.3 Å². The highest BCUT2D eigenvalue weighted by atomic mass is 32.1. The van der Waals surface area contributed by atoms with Crippen molar-refractivity contribution in [3.05, 3.63) is 16.3 Å². The highest BCUT2D eigenvalue weighted by Crippen LogP contribution is 2.36. The maximum atomic E-state index is 11.9. The summed E-state index contributed by atoms with van der Waals surface area (Å²) in [5.74, 6) is 1.95. The minimum atomic E-state index is 0.112. The predicted molar refractivity (Wildman–Crippen MR) is 107 cm³/mol. The maximum Gasteiger partial charge on any atom is 0.222 e. The Kier molecular flexibility index (Phi) is 5.29. The molecule has 8 heteroatoms. The molecule has 0 aliphatic carbocycles. The van der Waals surface area contributed by atoms with E-state index < -0.39 is 0 Å². The topological polar surface area (TPSA) is 70.6 Å². The van der Waals surface area contributed by atoms with Gasteiger partial charge in [-0.05, 0) is 26.3 Å². The molecular weight excluding hydrogens is 362 g/mol. The van der Waals surface area contributed by atoms with Crippen molar-refractivity contribution in [2.45, 2.75) is 39.8 Å². The van der Waals surface area contributed by atoms with Crippen molar-refractivity contribution < 1.29 is 9.53 Å². The van der Waals surface area contributed by atoms with E-state index in [2.05, 4.69) is 35.9 Å². The van der Waals surface area contributed by atoms with E-state index in [4.69, 9.17) is 14.7 Å². The van der Waals surface area contributed by atoms with E-state index in [-0.39, 0.29) is 11.9 Å². The third kappa shape index (κ3) is 3.79. The number of anilines is 1. The van der Waals surface area contributed by atoms with Crippen LogP contribution in [0.1, 0.15) is 29.6 Å². The van der Waals surface area contributed by atoms with E-state index in [0.29, 0.717) is 13.0 Å². The quantitative estimate of drug-likeness (QED) is 0.864. The van der Waals surface area contributed by atoms with E-state index in [1.165, 1.54) is 10.4 Å². The van der Waals surface area contributed by atoms with Crippen LogP contribution in [0.4, 0.5) is 5.82 Å². The zero-order valence-corrected chi connectivity index (χ0v) is 17.1. The molecule has 2 aromatic rings. The van der Waals surface area contributed by atoms with Crippen molar-refractivity contribution in [3.8, 4) is 0 Å². The Morgan fingerprint density at radius 1 is 1.22 bits per heavy atom. The second-order valence-corrected chi connectivity index (χ2v) is 8.62. The van der Waals surface area contributed by atoms with Gasteiger partial charge in [-0.2, -0.15) is 0 Å². The van der Waals surface area contributed by atoms with Crippen LogP contribution in [0.3, 0.4) is 0 Å². The molecule has 0 bridgehead atoms. The summed E-state index contributed by atoms with van der Waals surface area (Å²) in [7, 11) is 0. The van der Waals surface area contributed by atoms with Gasteiger partial charge in [-0.25, -0.2) is 9.97 Å². The molecule has 1 amide bonds. The molecule has 2 aliphatic heterocycles. The summed E-state index contributed by atoms with van der Waals surface area (Å²) in [4.78, 5) is 28.8. The minimum absolute atomic E-state index is 0.112. The van der Waals surface area contributed by atoms with Gasteiger partial charge in [0.25, 0.3) is 0 Å². The van der Waals surface area contributed by atoms with Crippen LogP contribution in [0.15, 0.2) is 0 Å². The van der Waals surface area contributed by atoms with E-state index in [9.17, 15) is 4.79 Å². The number of nitrogens with one attached hydrogen (secondary N) is 1. The Morgan fingerprint density at radius 3 is 2.78 bits per heavy atom. The number of aromatic nitrogens is 2. The Morgan fingerprint density at radius 2 is 2.00 bits per heavy atom. The van der Waals surface area contributed by atoms with Crippen LogP contribution in [0, 0.1) is 13.8 Å². The summed E-state index contributed by atoms with van der Waals surface area (Å²) >= 11 is 1.74. The lowest BCUT2D eigenvalue weighted by atomic mass is 10.1. The van der Waals surface area contributed by atoms with Gasteiger partial charge in [0, 0.05) is 43.5 Å². The average Bonchev–Trinajstić information content (AvgIpc) is 2.81. The number of morpholine rings is 1. The molecule has 4 rings (SSSR count). The van der Waals surface area contributed by atoms with Crippen LogP contribution >= 0.6 is 11.3 Å². The Hall–Kier alpha value is -1.77. The molecule has 0 aromatic carbocycles. The largest absolute Gasteiger partial charge is 0.379 e. The molecule has 7 nitrogen and oxygen atoms in total. The number of ether oxygens (including phenoxy) is 1. The molecule has 2 saturated heterocycles. The van der Waals surface area contributed by atoms with Crippen LogP contribution in [-0.2, 0) is 16.1 Å². The van der Waals surface area contributed by atoms with Crippen LogP contribution in [0.25, 0.3) is 10.2 Å². The fourth-order valence-electron chi connectivity index (χ4n) is 3.81. The molecule has 146 valence electrons. The van der Waals surface area contributed by atoms with Crippen LogP contribution in [0.2, 0.25) is 0 Å². The monoisotopic (exact) mass is 389 g/mol. The molecule has 0 saturated carbocycles. The lowest BCUT2D eigenvalue weighted by Gasteiger charge is -2.29. The third-order valence-electron chi connectivity index (χ3n) is 5.48. The number of rotatable bonds is 3. The van der Waals surface area contributed by atoms with Gasteiger partial charge in [0.2, 0.25) is 5.91 Å². The number of thiophene rings is 1. The van der Waals surface area contributed by atoms with E-state index in [0.717, 1.165) is 61.3 Å². The highest BCUT2D eigenvalue weighted by Gasteiger charge is 2.26. The van der Waals surface area contributed by atoms with Crippen molar-refractivity contribution in [1.29, 1.82) is 0 Å². The van der Waals surface area contributed by atoms with Crippen molar-refractivity contribution in [2.75, 3.05) is 44.3 Å². The van der Waals surface area contributed by atoms with Gasteiger partial charge in [0.05, 0.1) is 25.1 Å². The summed E-state index contributed by atoms with van der Waals surface area (Å²) in [6.07, 6.45) is 0.493. The normalized spacial score (nSPS) is 22.1. The van der Waals surface area contributed by atoms with Gasteiger partial charge in [-0.1, -0.05) is 0 Å². The second kappa shape index (κ2) is 7.69. The van der Waals surface area contributed by atoms with Crippen molar-refractivity contribution in [1.82, 2.24) is 20.2 Å². The molecule has 1 unspecified atom stereocenters. The summed E-state index contributed by atoms with van der Waals surface area (Å²) in [5.41, 5.74) is 1.25. The summed E-state index contributed by atoms with van der Waals surface area (Å²) in [5, 5.41) is 4.12. The number of fused-ring (bicyclic) bond motifs is 1. The van der Waals surface area contributed by atoms with E-state index in [1.54, 1.807) is 11.3 Å². The zero-order chi connectivity index (χ0) is 19.0. The Labute approximate surface area is 163 Å². The van der Waals surface area contributed by atoms with Crippen molar-refractivity contribution in [3.63, 3.8) is 0 Å². The minimum Gasteiger partial charge on any atom is -0.379 e. The standard InChI is InChI=1S/C19H27N5O2S/c1-12-10-16(25)20-4-5-24(12)18-17-13(2)14(3)27-19(17)22-15(21-18)11-23-6-8-26-9-7-23/h12H,4-11H2,1-3H3,(H,20,25). The van der Waals surface area contributed by atoms with Gasteiger partial charge >= 0.3 is 0 Å². The molecule has 0 spiro atoms. The lowest BCUT2D eigenvalue weighted by molar-refractivity contribution is -0.120. The number of aryl methyl sites for hydroxylation is 2. The molecular formula is C19H27N5O2S. The fourth-order valence-corrected chi connectivity index (χ4v) is 4.85. The molecule has 0 radical (unpaired) electrons. The highest BCUT2D eigenvalue weighted by molar-refractivity contribution is 7.18. The van der Waals surface area contributed by atoms with Crippen LogP contribution < -0.4 is 10.2 Å². The predicted octanol–water partition coefficient (Wildman–Crippen LogP) is 1.86. The van der Waals surface area contributed by atoms with E-state index >= 15 is 0 Å². The average molecular weight is 390 g/mol. The van der Waals surface area contributed by atoms with Gasteiger partial charge in [-0.3, -0.25) is 9.69 Å². The number of hydrogen-bond acceptors (Lipinski definition) is 7. The van der Waals surface area contributed by atoms with Gasteiger partial charge in [0.1, 0.15) is 16.5 Å². The number of carbonyl (C=O) groups is 1. The van der Waals surface area contributed by atoms with Gasteiger partial charge in [0.15, 0.2) is 0 Å². The lowest BCUT2D eigenvalue weighted by Crippen LogP contribution is -2.37. The zero-order valence-electron chi connectivity index (χ0n) is 16.2. The number of amides is 1. The fraction of sp³-hybridized carbons (Fsp3) is 0.632. The number of hydrogen-bond donors (Lipinski definition) is 1. The summed E-state index contributed by atoms with van der Waals surface area (Å²) in [6.45, 7) is 11.9. The first-order valence-electron chi connectivity index (χ1n) is 9.63. The molecule has 2 aromatic heterocycles.